The van der Waals surface area contributed by atoms with Crippen molar-refractivity contribution >= 4 is 5.97 Å². The van der Waals surface area contributed by atoms with Crippen molar-refractivity contribution in [3.05, 3.63) is 52.8 Å². The van der Waals surface area contributed by atoms with Gasteiger partial charge in [0.15, 0.2) is 0 Å². The summed E-state index contributed by atoms with van der Waals surface area (Å²) in [5.74, 6) is -0.208. The molecule has 19 heavy (non-hydrogen) atoms. The first kappa shape index (κ1) is 13.4. The third-order valence-corrected chi connectivity index (χ3v) is 3.35. The smallest absolute Gasteiger partial charge is 0.309 e. The number of carbonyl (C=O) groups excluding carboxylic acids is 1. The van der Waals surface area contributed by atoms with Crippen LogP contribution in [-0.4, -0.2) is 17.6 Å². The molecular weight excluding hydrogens is 238 g/mol. The largest absolute Gasteiger partial charge is 0.469 e. The highest BCUT2D eigenvalue weighted by Gasteiger charge is 2.09. The summed E-state index contributed by atoms with van der Waals surface area (Å²) in [6.45, 7) is 6.25. The molecule has 0 aliphatic carbocycles. The van der Waals surface area contributed by atoms with E-state index in [0.29, 0.717) is 6.42 Å². The zero-order valence-electron chi connectivity index (χ0n) is 11.9. The molecule has 3 nitrogen and oxygen atoms in total. The molecule has 1 aromatic carbocycles. The maximum Gasteiger partial charge on any atom is 0.309 e. The third-order valence-electron chi connectivity index (χ3n) is 3.35. The zero-order valence-corrected chi connectivity index (χ0v) is 11.9. The lowest BCUT2D eigenvalue weighted by molar-refractivity contribution is -0.139. The van der Waals surface area contributed by atoms with Gasteiger partial charge in [-0.25, -0.2) is 0 Å². The van der Waals surface area contributed by atoms with Crippen LogP contribution >= 0.6 is 0 Å². The van der Waals surface area contributed by atoms with Gasteiger partial charge in [0.1, 0.15) is 0 Å². The Balaban J connectivity index is 2.37. The van der Waals surface area contributed by atoms with E-state index in [1.54, 1.807) is 0 Å². The molecule has 1 heterocycles. The fourth-order valence-corrected chi connectivity index (χ4v) is 2.37. The molecule has 0 bridgehead atoms. The van der Waals surface area contributed by atoms with Crippen molar-refractivity contribution < 1.29 is 9.53 Å². The number of benzene rings is 1. The van der Waals surface area contributed by atoms with E-state index in [4.69, 9.17) is 4.74 Å². The summed E-state index contributed by atoms with van der Waals surface area (Å²) in [6.07, 6.45) is 0.321. The van der Waals surface area contributed by atoms with Crippen molar-refractivity contribution in [3.63, 3.8) is 0 Å². The molecule has 0 amide bonds. The number of hydrogen-bond donors (Lipinski definition) is 0. The van der Waals surface area contributed by atoms with Crippen LogP contribution < -0.4 is 0 Å². The van der Waals surface area contributed by atoms with E-state index in [9.17, 15) is 4.79 Å². The van der Waals surface area contributed by atoms with E-state index >= 15 is 0 Å². The van der Waals surface area contributed by atoms with E-state index in [2.05, 4.69) is 43.5 Å². The van der Waals surface area contributed by atoms with Crippen LogP contribution in [0, 0.1) is 20.8 Å². The number of rotatable bonds is 3. The van der Waals surface area contributed by atoms with Gasteiger partial charge in [-0.2, -0.15) is 0 Å². The van der Waals surface area contributed by atoms with Gasteiger partial charge in [0.05, 0.1) is 13.5 Å². The first-order valence-corrected chi connectivity index (χ1v) is 6.34. The molecule has 0 radical (unpaired) electrons. The zero-order chi connectivity index (χ0) is 14.0. The second-order valence-corrected chi connectivity index (χ2v) is 4.83. The number of hydrogen-bond acceptors (Lipinski definition) is 2. The fraction of sp³-hybridized carbons (Fsp3) is 0.312. The number of ether oxygens (including phenoxy) is 1. The highest BCUT2D eigenvalue weighted by atomic mass is 16.5. The molecule has 0 unspecified atom stereocenters. The van der Waals surface area contributed by atoms with Crippen LogP contribution in [0.1, 0.15) is 22.5 Å². The average molecular weight is 257 g/mol. The van der Waals surface area contributed by atoms with Gasteiger partial charge in [-0.3, -0.25) is 4.79 Å². The first-order chi connectivity index (χ1) is 9.02. The number of aromatic nitrogens is 1. The van der Waals surface area contributed by atoms with E-state index in [1.165, 1.54) is 18.5 Å². The van der Waals surface area contributed by atoms with Gasteiger partial charge in [0.2, 0.25) is 0 Å². The summed E-state index contributed by atoms with van der Waals surface area (Å²) in [4.78, 5) is 11.3. The quantitative estimate of drug-likeness (QED) is 0.791. The highest BCUT2D eigenvalue weighted by molar-refractivity contribution is 5.72. The lowest BCUT2D eigenvalue weighted by Crippen LogP contribution is -2.06. The van der Waals surface area contributed by atoms with E-state index < -0.39 is 0 Å². The minimum Gasteiger partial charge on any atom is -0.469 e. The average Bonchev–Trinajstić information content (AvgIpc) is 2.70. The third kappa shape index (κ3) is 2.70. The van der Waals surface area contributed by atoms with Crippen molar-refractivity contribution in [2.45, 2.75) is 27.2 Å². The van der Waals surface area contributed by atoms with Crippen LogP contribution in [-0.2, 0) is 16.0 Å². The van der Waals surface area contributed by atoms with Crippen LogP contribution in [0.4, 0.5) is 0 Å². The minimum absolute atomic E-state index is 0.208. The molecule has 0 spiro atoms. The number of nitrogens with zero attached hydrogens (tertiary/aromatic N) is 1. The normalized spacial score (nSPS) is 10.5. The first-order valence-electron chi connectivity index (χ1n) is 6.34. The summed E-state index contributed by atoms with van der Waals surface area (Å²) >= 11 is 0. The minimum atomic E-state index is -0.208. The molecule has 1 aromatic heterocycles. The van der Waals surface area contributed by atoms with Gasteiger partial charge in [-0.1, -0.05) is 12.1 Å². The Kier molecular flexibility index (Phi) is 3.74. The topological polar surface area (TPSA) is 31.2 Å². The predicted octanol–water partition coefficient (Wildman–Crippen LogP) is 3.12. The molecule has 0 saturated carbocycles. The summed E-state index contributed by atoms with van der Waals surface area (Å²) in [5.41, 5.74) is 5.72. The molecule has 0 N–H and O–H groups in total. The lowest BCUT2D eigenvalue weighted by atomic mass is 10.1. The summed E-state index contributed by atoms with van der Waals surface area (Å²) in [6, 6.07) is 10.3. The Morgan fingerprint density at radius 3 is 2.26 bits per heavy atom. The van der Waals surface area contributed by atoms with Crippen LogP contribution in [0.5, 0.6) is 0 Å². The van der Waals surface area contributed by atoms with Crippen LogP contribution in [0.3, 0.4) is 0 Å². The number of methoxy groups -OCH3 is 1. The summed E-state index contributed by atoms with van der Waals surface area (Å²) in [5, 5.41) is 0. The standard InChI is InChI=1S/C16H19NO2/c1-11-9-14(10-16(18)19-4)7-8-15(11)17-12(2)5-6-13(17)3/h5-9H,10H2,1-4H3. The number of carbonyl (C=O) groups is 1. The molecule has 0 fully saturated rings. The molecular formula is C16H19NO2. The predicted molar refractivity (Wildman–Crippen MR) is 75.7 cm³/mol. The van der Waals surface area contributed by atoms with Crippen molar-refractivity contribution in [1.29, 1.82) is 0 Å². The van der Waals surface area contributed by atoms with Crippen molar-refractivity contribution in [2.24, 2.45) is 0 Å². The SMILES string of the molecule is COC(=O)Cc1ccc(-n2c(C)ccc2C)c(C)c1. The fourth-order valence-electron chi connectivity index (χ4n) is 2.37. The van der Waals surface area contributed by atoms with Gasteiger partial charge >= 0.3 is 5.97 Å². The van der Waals surface area contributed by atoms with Gasteiger partial charge in [-0.15, -0.1) is 0 Å². The number of esters is 1. The lowest BCUT2D eigenvalue weighted by Gasteiger charge is -2.13. The Bertz CT molecular complexity index is 592. The van der Waals surface area contributed by atoms with Crippen LogP contribution in [0.15, 0.2) is 30.3 Å². The molecule has 3 heteroatoms. The molecule has 2 rings (SSSR count). The van der Waals surface area contributed by atoms with Crippen LogP contribution in [0.2, 0.25) is 0 Å². The molecule has 100 valence electrons. The Morgan fingerprint density at radius 1 is 1.11 bits per heavy atom. The van der Waals surface area contributed by atoms with Gasteiger partial charge in [0, 0.05) is 17.1 Å². The summed E-state index contributed by atoms with van der Waals surface area (Å²) < 4.78 is 6.91. The molecule has 2 aromatic rings. The number of aryl methyl sites for hydroxylation is 3. The molecule has 0 aliphatic heterocycles. The van der Waals surface area contributed by atoms with Crippen molar-refractivity contribution in [3.8, 4) is 5.69 Å². The van der Waals surface area contributed by atoms with Crippen molar-refractivity contribution in [1.82, 2.24) is 4.57 Å². The van der Waals surface area contributed by atoms with Crippen LogP contribution in [0.25, 0.3) is 5.69 Å². The van der Waals surface area contributed by atoms with E-state index in [-0.39, 0.29) is 5.97 Å². The molecule has 0 atom stereocenters. The molecule has 0 aliphatic rings. The van der Waals surface area contributed by atoms with E-state index in [0.717, 1.165) is 16.8 Å². The van der Waals surface area contributed by atoms with E-state index in [1.807, 2.05) is 12.1 Å². The summed E-state index contributed by atoms with van der Waals surface area (Å²) in [7, 11) is 1.41. The second-order valence-electron chi connectivity index (χ2n) is 4.83. The second kappa shape index (κ2) is 5.31. The maximum atomic E-state index is 11.3. The maximum absolute atomic E-state index is 11.3. The van der Waals surface area contributed by atoms with Crippen molar-refractivity contribution in [2.75, 3.05) is 7.11 Å². The molecule has 0 saturated heterocycles. The Hall–Kier alpha value is -2.03. The Morgan fingerprint density at radius 2 is 1.74 bits per heavy atom. The monoisotopic (exact) mass is 257 g/mol. The highest BCUT2D eigenvalue weighted by Crippen LogP contribution is 2.21. The van der Waals surface area contributed by atoms with Gasteiger partial charge < -0.3 is 9.30 Å². The van der Waals surface area contributed by atoms with Gasteiger partial charge in [-0.05, 0) is 50.1 Å². The Labute approximate surface area is 113 Å². The van der Waals surface area contributed by atoms with Gasteiger partial charge in [0.25, 0.3) is 0 Å².